The highest BCUT2D eigenvalue weighted by Crippen LogP contribution is 1.97. The number of ether oxygens (including phenoxy) is 1. The van der Waals surface area contributed by atoms with E-state index in [0.29, 0.717) is 19.8 Å². The second-order valence-corrected chi connectivity index (χ2v) is 2.81. The number of aromatic amines is 1. The molecule has 8 nitrogen and oxygen atoms in total. The van der Waals surface area contributed by atoms with Crippen LogP contribution in [0, 0.1) is 0 Å². The van der Waals surface area contributed by atoms with Crippen molar-refractivity contribution in [2.75, 3.05) is 25.1 Å². The molecule has 2 rings (SSSR count). The molecule has 2 heterocycles. The molecule has 0 spiro atoms. The van der Waals surface area contributed by atoms with Crippen LogP contribution in [-0.4, -0.2) is 52.3 Å². The molecule has 0 aromatic carbocycles. The molecule has 1 aromatic rings. The van der Waals surface area contributed by atoms with E-state index in [2.05, 4.69) is 31.3 Å². The summed E-state index contributed by atoms with van der Waals surface area (Å²) in [5.74, 6) is -0.0477. The van der Waals surface area contributed by atoms with Crippen LogP contribution in [0.3, 0.4) is 0 Å². The van der Waals surface area contributed by atoms with Crippen LogP contribution in [0.2, 0.25) is 0 Å². The zero-order valence-electron chi connectivity index (χ0n) is 7.77. The van der Waals surface area contributed by atoms with Crippen LogP contribution in [-0.2, 0) is 9.53 Å². The van der Waals surface area contributed by atoms with Gasteiger partial charge in [0.15, 0.2) is 0 Å². The number of nitrogens with zero attached hydrogens (tertiary/aromatic N) is 3. The lowest BCUT2D eigenvalue weighted by Crippen LogP contribution is -2.49. The number of aromatic nitrogens is 4. The molecule has 1 fully saturated rings. The first-order chi connectivity index (χ1) is 6.86. The number of amides is 1. The van der Waals surface area contributed by atoms with Crippen LogP contribution >= 0.6 is 12.4 Å². The van der Waals surface area contributed by atoms with Crippen LogP contribution in [0.1, 0.15) is 0 Å². The fourth-order valence-electron chi connectivity index (χ4n) is 1.15. The zero-order valence-corrected chi connectivity index (χ0v) is 8.58. The zero-order chi connectivity index (χ0) is 9.80. The number of H-pyrrole nitrogens is 1. The lowest BCUT2D eigenvalue weighted by molar-refractivity contribution is -0.120. The predicted molar refractivity (Wildman–Crippen MR) is 52.7 cm³/mol. The second-order valence-electron chi connectivity index (χ2n) is 2.81. The lowest BCUT2D eigenvalue weighted by Gasteiger charge is -2.21. The number of carbonyl (C=O) groups excluding carboxylic acids is 1. The molecule has 0 radical (unpaired) electrons. The third kappa shape index (κ3) is 3.11. The Labute approximate surface area is 91.6 Å². The summed E-state index contributed by atoms with van der Waals surface area (Å²) in [5.41, 5.74) is 0. The van der Waals surface area contributed by atoms with Crippen molar-refractivity contribution in [3.8, 4) is 0 Å². The molecular weight excluding hydrogens is 224 g/mol. The molecule has 0 aliphatic carbocycles. The number of anilines is 1. The van der Waals surface area contributed by atoms with Gasteiger partial charge in [-0.25, -0.2) is 0 Å². The van der Waals surface area contributed by atoms with Crippen LogP contribution in [0.4, 0.5) is 5.95 Å². The topological polar surface area (TPSA) is 105 Å². The summed E-state index contributed by atoms with van der Waals surface area (Å²) in [6.45, 7) is 1.67. The van der Waals surface area contributed by atoms with E-state index in [-0.39, 0.29) is 30.3 Å². The van der Waals surface area contributed by atoms with Crippen molar-refractivity contribution in [3.05, 3.63) is 0 Å². The Balaban J connectivity index is 0.00000112. The molecule has 0 unspecified atom stereocenters. The highest BCUT2D eigenvalue weighted by molar-refractivity contribution is 5.93. The van der Waals surface area contributed by atoms with E-state index < -0.39 is 0 Å². The first kappa shape index (κ1) is 11.8. The molecule has 3 N–H and O–H groups in total. The maximum absolute atomic E-state index is 11.5. The molecule has 0 bridgehead atoms. The normalized spacial score (nSPS) is 20.4. The van der Waals surface area contributed by atoms with Gasteiger partial charge in [0.2, 0.25) is 5.91 Å². The molecule has 0 saturated carbocycles. The fraction of sp³-hybridized carbons (Fsp3) is 0.667. The monoisotopic (exact) mass is 234 g/mol. The van der Waals surface area contributed by atoms with Crippen molar-refractivity contribution in [3.63, 3.8) is 0 Å². The highest BCUT2D eigenvalue weighted by atomic mass is 35.5. The van der Waals surface area contributed by atoms with Gasteiger partial charge in [0.05, 0.1) is 13.2 Å². The minimum absolute atomic E-state index is 0. The average molecular weight is 235 g/mol. The van der Waals surface area contributed by atoms with Gasteiger partial charge >= 0.3 is 0 Å². The van der Waals surface area contributed by atoms with Crippen molar-refractivity contribution in [1.82, 2.24) is 25.9 Å². The number of morpholine rings is 1. The predicted octanol–water partition coefficient (Wildman–Crippen LogP) is -1.45. The van der Waals surface area contributed by atoms with Gasteiger partial charge in [-0.3, -0.25) is 10.1 Å². The third-order valence-electron chi connectivity index (χ3n) is 1.82. The summed E-state index contributed by atoms with van der Waals surface area (Å²) in [5, 5.41) is 18.3. The minimum Gasteiger partial charge on any atom is -0.378 e. The highest BCUT2D eigenvalue weighted by Gasteiger charge is 2.21. The van der Waals surface area contributed by atoms with Gasteiger partial charge in [-0.2, -0.15) is 5.21 Å². The Morgan fingerprint density at radius 3 is 3.07 bits per heavy atom. The van der Waals surface area contributed by atoms with Crippen molar-refractivity contribution in [2.24, 2.45) is 0 Å². The van der Waals surface area contributed by atoms with Crippen LogP contribution in [0.25, 0.3) is 0 Å². The summed E-state index contributed by atoms with van der Waals surface area (Å²) in [6.07, 6.45) is 0. The van der Waals surface area contributed by atoms with Crippen molar-refractivity contribution in [2.45, 2.75) is 6.04 Å². The minimum atomic E-state index is -0.345. The molecule has 1 aromatic heterocycles. The Kier molecular flexibility index (Phi) is 4.40. The maximum atomic E-state index is 11.5. The average Bonchev–Trinajstić information content (AvgIpc) is 2.72. The van der Waals surface area contributed by atoms with E-state index in [1.165, 1.54) is 0 Å². The number of nitrogens with one attached hydrogen (secondary N) is 3. The van der Waals surface area contributed by atoms with Gasteiger partial charge in [0.1, 0.15) is 6.04 Å². The van der Waals surface area contributed by atoms with Gasteiger partial charge in [0, 0.05) is 6.54 Å². The van der Waals surface area contributed by atoms with Gasteiger partial charge < -0.3 is 10.1 Å². The summed E-state index contributed by atoms with van der Waals surface area (Å²) >= 11 is 0. The van der Waals surface area contributed by atoms with Crippen LogP contribution < -0.4 is 10.6 Å². The summed E-state index contributed by atoms with van der Waals surface area (Å²) in [7, 11) is 0. The Morgan fingerprint density at radius 2 is 2.47 bits per heavy atom. The Bertz CT molecular complexity index is 299. The molecule has 1 aliphatic heterocycles. The number of hydrogen-bond donors (Lipinski definition) is 3. The van der Waals surface area contributed by atoms with Crippen molar-refractivity contribution < 1.29 is 9.53 Å². The first-order valence-electron chi connectivity index (χ1n) is 4.22. The summed E-state index contributed by atoms with van der Waals surface area (Å²) < 4.78 is 5.13. The van der Waals surface area contributed by atoms with Gasteiger partial charge in [0.25, 0.3) is 5.95 Å². The smallest absolute Gasteiger partial charge is 0.269 e. The standard InChI is InChI=1S/C6H10N6O2.ClH/c13-5(4-3-14-2-1-7-4)8-6-9-11-12-10-6;/h4,7H,1-3H2,(H2,8,9,10,11,12,13);1H/t4-;/m1./s1. The number of halogens is 1. The Morgan fingerprint density at radius 1 is 1.60 bits per heavy atom. The molecule has 1 atom stereocenters. The number of rotatable bonds is 2. The van der Waals surface area contributed by atoms with Crippen molar-refractivity contribution >= 4 is 24.3 Å². The molecule has 15 heavy (non-hydrogen) atoms. The van der Waals surface area contributed by atoms with E-state index in [0.717, 1.165) is 0 Å². The lowest BCUT2D eigenvalue weighted by atomic mass is 10.2. The summed E-state index contributed by atoms with van der Waals surface area (Å²) in [4.78, 5) is 11.5. The van der Waals surface area contributed by atoms with E-state index >= 15 is 0 Å². The Hall–Kier alpha value is -1.25. The molecule has 84 valence electrons. The van der Waals surface area contributed by atoms with Gasteiger partial charge in [-0.1, -0.05) is 5.10 Å². The van der Waals surface area contributed by atoms with E-state index in [1.807, 2.05) is 0 Å². The molecular formula is C6H11ClN6O2. The van der Waals surface area contributed by atoms with Crippen LogP contribution in [0.5, 0.6) is 0 Å². The van der Waals surface area contributed by atoms with Gasteiger partial charge in [-0.15, -0.1) is 17.5 Å². The molecule has 1 amide bonds. The number of carbonyl (C=O) groups is 1. The number of tetrazole rings is 1. The van der Waals surface area contributed by atoms with Crippen LogP contribution in [0.15, 0.2) is 0 Å². The van der Waals surface area contributed by atoms with E-state index in [9.17, 15) is 4.79 Å². The molecule has 1 aliphatic rings. The van der Waals surface area contributed by atoms with Gasteiger partial charge in [-0.05, 0) is 5.21 Å². The van der Waals surface area contributed by atoms with E-state index in [4.69, 9.17) is 4.74 Å². The molecule has 9 heteroatoms. The largest absolute Gasteiger partial charge is 0.378 e. The second kappa shape index (κ2) is 5.59. The fourth-order valence-corrected chi connectivity index (χ4v) is 1.15. The van der Waals surface area contributed by atoms with Crippen molar-refractivity contribution in [1.29, 1.82) is 0 Å². The maximum Gasteiger partial charge on any atom is 0.269 e. The first-order valence-corrected chi connectivity index (χ1v) is 4.22. The molecule has 1 saturated heterocycles. The van der Waals surface area contributed by atoms with E-state index in [1.54, 1.807) is 0 Å². The summed E-state index contributed by atoms with van der Waals surface area (Å²) in [6, 6.07) is -0.345. The quantitative estimate of drug-likeness (QED) is 0.578. The third-order valence-corrected chi connectivity index (χ3v) is 1.82. The SMILES string of the molecule is Cl.O=C(Nc1nn[nH]n1)[C@H]1COCCN1. The number of hydrogen-bond acceptors (Lipinski definition) is 6.